The Hall–Kier alpha value is -0.670. The molecule has 26 heavy (non-hydrogen) atoms. The van der Waals surface area contributed by atoms with Crippen molar-refractivity contribution in [2.24, 2.45) is 0 Å². The van der Waals surface area contributed by atoms with Crippen LogP contribution in [0.2, 0.25) is 15.1 Å². The Kier molecular flexibility index (Phi) is 7.50. The summed E-state index contributed by atoms with van der Waals surface area (Å²) in [5.41, 5.74) is -0.992. The summed E-state index contributed by atoms with van der Waals surface area (Å²) in [5, 5.41) is -0.0183. The maximum atomic E-state index is 12.6. The van der Waals surface area contributed by atoms with E-state index in [0.717, 1.165) is 0 Å². The molecule has 0 aliphatic carbocycles. The molecule has 0 aliphatic rings. The first-order chi connectivity index (χ1) is 12.1. The summed E-state index contributed by atoms with van der Waals surface area (Å²) in [6.07, 6.45) is -2.26. The molecule has 11 heteroatoms. The maximum absolute atomic E-state index is 12.6. The third-order valence-corrected chi connectivity index (χ3v) is 4.31. The highest BCUT2D eigenvalue weighted by Crippen LogP contribution is 2.40. The highest BCUT2D eigenvalue weighted by atomic mass is 79.9. The van der Waals surface area contributed by atoms with Crippen molar-refractivity contribution in [2.45, 2.75) is 6.18 Å². The minimum atomic E-state index is -4.56. The largest absolute Gasteiger partial charge is 0.488 e. The van der Waals surface area contributed by atoms with Gasteiger partial charge in [-0.15, -0.1) is 0 Å². The molecule has 3 nitrogen and oxygen atoms in total. The van der Waals surface area contributed by atoms with Gasteiger partial charge in [0.1, 0.15) is 23.1 Å². The minimum Gasteiger partial charge on any atom is -0.488 e. The molecule has 0 spiro atoms. The molecular formula is C15H7Br2Cl3F3NO2. The fraction of sp³-hybridized carbons (Fsp3) is 0.133. The molecule has 2 aromatic rings. The molecule has 0 N–H and O–H groups in total. The van der Waals surface area contributed by atoms with Crippen molar-refractivity contribution in [3.8, 4) is 17.4 Å². The average molecular weight is 556 g/mol. The Morgan fingerprint density at radius 3 is 2.23 bits per heavy atom. The van der Waals surface area contributed by atoms with Gasteiger partial charge in [-0.25, -0.2) is 4.98 Å². The van der Waals surface area contributed by atoms with Crippen molar-refractivity contribution < 1.29 is 22.6 Å². The van der Waals surface area contributed by atoms with Gasteiger partial charge in [0, 0.05) is 18.3 Å². The number of alkyl halides is 3. The molecule has 140 valence electrons. The van der Waals surface area contributed by atoms with Crippen LogP contribution >= 0.6 is 66.7 Å². The van der Waals surface area contributed by atoms with Gasteiger partial charge in [-0.05, 0) is 44.0 Å². The molecule has 0 atom stereocenters. The number of nitrogens with zero attached hydrogens (tertiary/aromatic N) is 1. The second-order valence-electron chi connectivity index (χ2n) is 4.63. The number of benzene rings is 1. The summed E-state index contributed by atoms with van der Waals surface area (Å²) in [4.78, 5) is 3.58. The molecule has 1 aromatic heterocycles. The molecule has 1 aromatic carbocycles. The molecular weight excluding hydrogens is 549 g/mol. The number of ether oxygens (including phenoxy) is 2. The predicted molar refractivity (Wildman–Crippen MR) is 102 cm³/mol. The zero-order valence-electron chi connectivity index (χ0n) is 12.4. The topological polar surface area (TPSA) is 31.4 Å². The quantitative estimate of drug-likeness (QED) is 0.376. The van der Waals surface area contributed by atoms with Crippen LogP contribution in [0.15, 0.2) is 33.9 Å². The van der Waals surface area contributed by atoms with E-state index in [4.69, 9.17) is 44.3 Å². The molecule has 0 bridgehead atoms. The van der Waals surface area contributed by atoms with Crippen molar-refractivity contribution in [1.82, 2.24) is 4.98 Å². The van der Waals surface area contributed by atoms with Crippen LogP contribution in [0.5, 0.6) is 17.4 Å². The van der Waals surface area contributed by atoms with Gasteiger partial charge >= 0.3 is 6.18 Å². The molecule has 0 saturated carbocycles. The Balaban J connectivity index is 2.22. The van der Waals surface area contributed by atoms with Gasteiger partial charge in [0.2, 0.25) is 5.88 Å². The van der Waals surface area contributed by atoms with Crippen molar-refractivity contribution in [2.75, 3.05) is 6.61 Å². The summed E-state index contributed by atoms with van der Waals surface area (Å²) in [5.74, 6) is 0.126. The highest BCUT2D eigenvalue weighted by Gasteiger charge is 2.32. The number of hydrogen-bond donors (Lipinski definition) is 0. The molecule has 0 amide bonds. The highest BCUT2D eigenvalue weighted by molar-refractivity contribution is 9.28. The van der Waals surface area contributed by atoms with Crippen molar-refractivity contribution in [3.05, 3.63) is 54.5 Å². The Morgan fingerprint density at radius 1 is 1.04 bits per heavy atom. The lowest BCUT2D eigenvalue weighted by Gasteiger charge is -2.13. The van der Waals surface area contributed by atoms with E-state index in [2.05, 4.69) is 36.8 Å². The van der Waals surface area contributed by atoms with E-state index < -0.39 is 11.7 Å². The molecule has 0 fully saturated rings. The molecule has 0 saturated heterocycles. The van der Waals surface area contributed by atoms with Crippen molar-refractivity contribution >= 4 is 66.7 Å². The first-order valence-electron chi connectivity index (χ1n) is 6.61. The average Bonchev–Trinajstić information content (AvgIpc) is 2.52. The smallest absolute Gasteiger partial charge is 0.417 e. The molecule has 1 heterocycles. The Bertz CT molecular complexity index is 844. The van der Waals surface area contributed by atoms with E-state index in [-0.39, 0.29) is 33.3 Å². The summed E-state index contributed by atoms with van der Waals surface area (Å²) < 4.78 is 49.4. The lowest BCUT2D eigenvalue weighted by atomic mass is 10.3. The number of aromatic nitrogens is 1. The monoisotopic (exact) mass is 553 g/mol. The van der Waals surface area contributed by atoms with Crippen LogP contribution in [0.1, 0.15) is 5.56 Å². The van der Waals surface area contributed by atoms with Crippen LogP contribution in [0.25, 0.3) is 0 Å². The van der Waals surface area contributed by atoms with E-state index in [1.165, 1.54) is 12.1 Å². The minimum absolute atomic E-state index is 0.0652. The zero-order chi connectivity index (χ0) is 19.5. The first-order valence-corrected chi connectivity index (χ1v) is 9.33. The second-order valence-corrected chi connectivity index (χ2v) is 8.62. The predicted octanol–water partition coefficient (Wildman–Crippen LogP) is 7.86. The summed E-state index contributed by atoms with van der Waals surface area (Å²) in [7, 11) is 0. The van der Waals surface area contributed by atoms with Crippen molar-refractivity contribution in [1.29, 1.82) is 0 Å². The zero-order valence-corrected chi connectivity index (χ0v) is 17.8. The fourth-order valence-corrected chi connectivity index (χ4v) is 2.52. The second kappa shape index (κ2) is 9.01. The van der Waals surface area contributed by atoms with Crippen molar-refractivity contribution in [3.63, 3.8) is 0 Å². The molecule has 0 radical (unpaired) electrons. The van der Waals surface area contributed by atoms with E-state index >= 15 is 0 Å². The van der Waals surface area contributed by atoms with Gasteiger partial charge < -0.3 is 9.47 Å². The van der Waals surface area contributed by atoms with Gasteiger partial charge in [-0.3, -0.25) is 0 Å². The van der Waals surface area contributed by atoms with Gasteiger partial charge in [0.05, 0.1) is 19.0 Å². The van der Waals surface area contributed by atoms with Crippen LogP contribution in [0.4, 0.5) is 13.2 Å². The molecule has 0 aliphatic heterocycles. The number of rotatable bonds is 5. The Labute approximate surface area is 178 Å². The number of halogens is 8. The van der Waals surface area contributed by atoms with E-state index in [1.54, 1.807) is 6.08 Å². The normalized spacial score (nSPS) is 11.2. The number of hydrogen-bond acceptors (Lipinski definition) is 3. The van der Waals surface area contributed by atoms with Crippen LogP contribution in [0, 0.1) is 0 Å². The third kappa shape index (κ3) is 5.92. The van der Waals surface area contributed by atoms with Crippen LogP contribution in [0.3, 0.4) is 0 Å². The van der Waals surface area contributed by atoms with Gasteiger partial charge in [0.15, 0.2) is 0 Å². The van der Waals surface area contributed by atoms with E-state index in [0.29, 0.717) is 21.4 Å². The van der Waals surface area contributed by atoms with Gasteiger partial charge in [0.25, 0.3) is 0 Å². The fourth-order valence-electron chi connectivity index (χ4n) is 1.65. The van der Waals surface area contributed by atoms with Gasteiger partial charge in [-0.1, -0.05) is 34.8 Å². The maximum Gasteiger partial charge on any atom is 0.417 e. The first kappa shape index (κ1) is 21.6. The standard InChI is InChI=1S/C15H7Br2Cl3F3NO2/c16-13(17)1-2-25-11-4-9(19)12(5-8(11)18)26-14-10(20)3-7(6-24-14)15(21,22)23/h1,3-6H,2H2. The number of pyridine rings is 1. The van der Waals surface area contributed by atoms with Gasteiger partial charge in [-0.2, -0.15) is 13.2 Å². The lowest BCUT2D eigenvalue weighted by molar-refractivity contribution is -0.137. The van der Waals surface area contributed by atoms with Crippen LogP contribution < -0.4 is 9.47 Å². The van der Waals surface area contributed by atoms with Crippen LogP contribution in [-0.2, 0) is 6.18 Å². The van der Waals surface area contributed by atoms with E-state index in [1.807, 2.05) is 0 Å². The van der Waals surface area contributed by atoms with E-state index in [9.17, 15) is 13.2 Å². The van der Waals surface area contributed by atoms with Crippen LogP contribution in [-0.4, -0.2) is 11.6 Å². The molecule has 0 unspecified atom stereocenters. The Morgan fingerprint density at radius 2 is 1.65 bits per heavy atom. The summed E-state index contributed by atoms with van der Waals surface area (Å²) in [6.45, 7) is 0.217. The lowest BCUT2D eigenvalue weighted by Crippen LogP contribution is -2.05. The summed E-state index contributed by atoms with van der Waals surface area (Å²) >= 11 is 24.4. The third-order valence-electron chi connectivity index (χ3n) is 2.80. The summed E-state index contributed by atoms with van der Waals surface area (Å²) in [6, 6.07) is 3.47. The SMILES string of the molecule is FC(F)(F)c1cnc(Oc2cc(Cl)c(OCC=C(Br)Br)cc2Cl)c(Cl)c1. The molecule has 2 rings (SSSR count).